The Bertz CT molecular complexity index is 783. The predicted molar refractivity (Wildman–Crippen MR) is 94.3 cm³/mol. The highest BCUT2D eigenvalue weighted by Crippen LogP contribution is 2.21. The third kappa shape index (κ3) is 5.73. The van der Waals surface area contributed by atoms with Crippen LogP contribution in [0.5, 0.6) is 5.75 Å². The highest BCUT2D eigenvalue weighted by atomic mass is 32.2. The van der Waals surface area contributed by atoms with E-state index in [1.165, 1.54) is 18.7 Å². The number of benzene rings is 2. The lowest BCUT2D eigenvalue weighted by Crippen LogP contribution is -2.30. The fourth-order valence-corrected chi connectivity index (χ4v) is 2.61. The average molecular weight is 381 g/mol. The monoisotopic (exact) mass is 381 g/mol. The zero-order chi connectivity index (χ0) is 19.1. The Morgan fingerprint density at radius 3 is 2.50 bits per heavy atom. The first kappa shape index (κ1) is 19.7. The molecule has 0 saturated carbocycles. The Balaban J connectivity index is 1.83. The van der Waals surface area contributed by atoms with E-state index in [2.05, 4.69) is 5.32 Å². The summed E-state index contributed by atoms with van der Waals surface area (Å²) in [5.74, 6) is -2.13. The van der Waals surface area contributed by atoms with Gasteiger partial charge >= 0.3 is 5.97 Å². The molecule has 0 aliphatic rings. The fourth-order valence-electron chi connectivity index (χ4n) is 1.93. The van der Waals surface area contributed by atoms with Crippen molar-refractivity contribution in [3.05, 3.63) is 54.1 Å². The zero-order valence-corrected chi connectivity index (χ0v) is 14.9. The lowest BCUT2D eigenvalue weighted by atomic mass is 10.2. The fraction of sp³-hybridized carbons (Fsp3) is 0.222. The van der Waals surface area contributed by atoms with Crippen LogP contribution in [0.1, 0.15) is 6.92 Å². The van der Waals surface area contributed by atoms with E-state index in [-0.39, 0.29) is 11.4 Å². The Labute approximate surface area is 153 Å². The number of carbonyl (C=O) groups is 2. The van der Waals surface area contributed by atoms with E-state index in [0.29, 0.717) is 5.75 Å². The van der Waals surface area contributed by atoms with Gasteiger partial charge in [-0.1, -0.05) is 0 Å². The molecule has 5 nitrogen and oxygen atoms in total. The molecule has 2 rings (SSSR count). The number of anilines is 1. The first-order valence-electron chi connectivity index (χ1n) is 7.61. The molecule has 1 N–H and O–H groups in total. The summed E-state index contributed by atoms with van der Waals surface area (Å²) >= 11 is 1.24. The maximum atomic E-state index is 13.5. The predicted octanol–water partition coefficient (Wildman–Crippen LogP) is 3.64. The molecule has 26 heavy (non-hydrogen) atoms. The van der Waals surface area contributed by atoms with E-state index in [1.54, 1.807) is 31.4 Å². The van der Waals surface area contributed by atoms with Gasteiger partial charge in [-0.25, -0.2) is 8.78 Å². The molecule has 2 aromatic carbocycles. The van der Waals surface area contributed by atoms with Crippen LogP contribution in [0, 0.1) is 11.6 Å². The number of hydrogen-bond donors (Lipinski definition) is 1. The lowest BCUT2D eigenvalue weighted by Gasteiger charge is -2.14. The van der Waals surface area contributed by atoms with Crippen molar-refractivity contribution in [1.29, 1.82) is 0 Å². The topological polar surface area (TPSA) is 64.6 Å². The van der Waals surface area contributed by atoms with Gasteiger partial charge in [0.2, 0.25) is 0 Å². The molecule has 0 radical (unpaired) electrons. The molecule has 1 amide bonds. The molecule has 0 aliphatic carbocycles. The van der Waals surface area contributed by atoms with Gasteiger partial charge in [-0.05, 0) is 43.3 Å². The second-order valence-corrected chi connectivity index (χ2v) is 6.26. The molecule has 8 heteroatoms. The van der Waals surface area contributed by atoms with Crippen molar-refractivity contribution in [3.63, 3.8) is 0 Å². The SMILES string of the molecule is COc1ccc(SCC(=O)O[C@@H](C)C(=O)Nc2cc(F)ccc2F)cc1. The molecule has 0 aromatic heterocycles. The van der Waals surface area contributed by atoms with Crippen molar-refractivity contribution >= 4 is 29.3 Å². The summed E-state index contributed by atoms with van der Waals surface area (Å²) in [4.78, 5) is 24.6. The van der Waals surface area contributed by atoms with Gasteiger partial charge in [-0.2, -0.15) is 0 Å². The Morgan fingerprint density at radius 1 is 1.15 bits per heavy atom. The van der Waals surface area contributed by atoms with Crippen molar-refractivity contribution in [3.8, 4) is 5.75 Å². The van der Waals surface area contributed by atoms with Crippen LogP contribution in [0.25, 0.3) is 0 Å². The third-order valence-electron chi connectivity index (χ3n) is 3.28. The van der Waals surface area contributed by atoms with Crippen molar-refractivity contribution < 1.29 is 27.8 Å². The van der Waals surface area contributed by atoms with Crippen LogP contribution in [0.2, 0.25) is 0 Å². The molecule has 0 bridgehead atoms. The molecular weight excluding hydrogens is 364 g/mol. The summed E-state index contributed by atoms with van der Waals surface area (Å²) in [5, 5.41) is 2.19. The zero-order valence-electron chi connectivity index (χ0n) is 14.1. The standard InChI is InChI=1S/C18H17F2NO4S/c1-11(18(23)21-16-9-12(19)3-8-15(16)20)25-17(22)10-26-14-6-4-13(24-2)5-7-14/h3-9,11H,10H2,1-2H3,(H,21,23)/t11-/m0/s1. The summed E-state index contributed by atoms with van der Waals surface area (Å²) in [6, 6.07) is 9.78. The molecule has 2 aromatic rings. The van der Waals surface area contributed by atoms with Gasteiger partial charge in [0.15, 0.2) is 6.10 Å². The van der Waals surface area contributed by atoms with Crippen molar-refractivity contribution in [1.82, 2.24) is 0 Å². The average Bonchev–Trinajstić information content (AvgIpc) is 2.63. The number of carbonyl (C=O) groups excluding carboxylic acids is 2. The molecular formula is C18H17F2NO4S. The number of halogens is 2. The Kier molecular flexibility index (Phi) is 6.97. The van der Waals surface area contributed by atoms with E-state index in [9.17, 15) is 18.4 Å². The van der Waals surface area contributed by atoms with Crippen LogP contribution in [-0.4, -0.2) is 30.8 Å². The normalized spacial score (nSPS) is 11.5. The number of methoxy groups -OCH3 is 1. The van der Waals surface area contributed by atoms with E-state index in [0.717, 1.165) is 23.1 Å². The van der Waals surface area contributed by atoms with E-state index >= 15 is 0 Å². The maximum Gasteiger partial charge on any atom is 0.317 e. The van der Waals surface area contributed by atoms with Gasteiger partial charge < -0.3 is 14.8 Å². The number of rotatable bonds is 7. The minimum Gasteiger partial charge on any atom is -0.497 e. The quantitative estimate of drug-likeness (QED) is 0.586. The van der Waals surface area contributed by atoms with Gasteiger partial charge in [0.1, 0.15) is 17.4 Å². The Morgan fingerprint density at radius 2 is 1.85 bits per heavy atom. The summed E-state index contributed by atoms with van der Waals surface area (Å²) in [5.41, 5.74) is -0.314. The number of thioether (sulfide) groups is 1. The van der Waals surface area contributed by atoms with Crippen LogP contribution in [0.4, 0.5) is 14.5 Å². The summed E-state index contributed by atoms with van der Waals surface area (Å²) in [6.07, 6.45) is -1.15. The van der Waals surface area contributed by atoms with Gasteiger partial charge in [-0.15, -0.1) is 11.8 Å². The van der Waals surface area contributed by atoms with Gasteiger partial charge in [0.25, 0.3) is 5.91 Å². The van der Waals surface area contributed by atoms with Crippen LogP contribution in [0.3, 0.4) is 0 Å². The maximum absolute atomic E-state index is 13.5. The number of hydrogen-bond acceptors (Lipinski definition) is 5. The highest BCUT2D eigenvalue weighted by molar-refractivity contribution is 8.00. The van der Waals surface area contributed by atoms with Crippen LogP contribution in [0.15, 0.2) is 47.4 Å². The molecule has 0 fully saturated rings. The second kappa shape index (κ2) is 9.19. The molecule has 0 spiro atoms. The van der Waals surface area contributed by atoms with Crippen LogP contribution >= 0.6 is 11.8 Å². The molecule has 138 valence electrons. The van der Waals surface area contributed by atoms with Gasteiger partial charge in [-0.3, -0.25) is 9.59 Å². The van der Waals surface area contributed by atoms with Crippen molar-refractivity contribution in [2.24, 2.45) is 0 Å². The molecule has 0 saturated heterocycles. The number of amides is 1. The number of nitrogens with one attached hydrogen (secondary N) is 1. The molecule has 0 aliphatic heterocycles. The number of esters is 1. The third-order valence-corrected chi connectivity index (χ3v) is 4.27. The molecule has 0 heterocycles. The largest absolute Gasteiger partial charge is 0.497 e. The van der Waals surface area contributed by atoms with Gasteiger partial charge in [0, 0.05) is 11.0 Å². The highest BCUT2D eigenvalue weighted by Gasteiger charge is 2.19. The second-order valence-electron chi connectivity index (χ2n) is 5.21. The van der Waals surface area contributed by atoms with Gasteiger partial charge in [0.05, 0.1) is 18.6 Å². The summed E-state index contributed by atoms with van der Waals surface area (Å²) < 4.78 is 36.7. The first-order chi connectivity index (χ1) is 12.4. The minimum absolute atomic E-state index is 0.00171. The van der Waals surface area contributed by atoms with Crippen molar-refractivity contribution in [2.75, 3.05) is 18.2 Å². The first-order valence-corrected chi connectivity index (χ1v) is 8.60. The lowest BCUT2D eigenvalue weighted by molar-refractivity contribution is -0.150. The van der Waals surface area contributed by atoms with E-state index in [1.807, 2.05) is 0 Å². The molecule has 1 atom stereocenters. The van der Waals surface area contributed by atoms with Crippen LogP contribution < -0.4 is 10.1 Å². The summed E-state index contributed by atoms with van der Waals surface area (Å²) in [6.45, 7) is 1.35. The Hall–Kier alpha value is -2.61. The minimum atomic E-state index is -1.15. The molecule has 0 unspecified atom stereocenters. The van der Waals surface area contributed by atoms with E-state index in [4.69, 9.17) is 9.47 Å². The van der Waals surface area contributed by atoms with Crippen molar-refractivity contribution in [2.45, 2.75) is 17.9 Å². The van der Waals surface area contributed by atoms with Crippen LogP contribution in [-0.2, 0) is 14.3 Å². The number of ether oxygens (including phenoxy) is 2. The van der Waals surface area contributed by atoms with E-state index < -0.39 is 29.6 Å². The smallest absolute Gasteiger partial charge is 0.317 e. The summed E-state index contributed by atoms with van der Waals surface area (Å²) in [7, 11) is 1.56.